The number of nitro groups is 1. The first-order valence-corrected chi connectivity index (χ1v) is 8.47. The van der Waals surface area contributed by atoms with Crippen molar-refractivity contribution < 1.29 is 19.2 Å². The van der Waals surface area contributed by atoms with Gasteiger partial charge in [-0.05, 0) is 13.0 Å². The first-order valence-electron chi connectivity index (χ1n) is 7.59. The predicted octanol–water partition coefficient (Wildman–Crippen LogP) is 2.42. The Morgan fingerprint density at radius 2 is 2.19 bits per heavy atom. The topological polar surface area (TPSA) is 116 Å². The summed E-state index contributed by atoms with van der Waals surface area (Å²) in [5.74, 6) is -1.26. The van der Waals surface area contributed by atoms with Gasteiger partial charge in [0.15, 0.2) is 11.1 Å². The molecular weight excluding hydrogens is 360 g/mol. The molecule has 2 heterocycles. The fraction of sp³-hybridized carbons (Fsp3) is 0.188. The minimum Gasteiger partial charge on any atom is -0.452 e. The molecule has 9 nitrogen and oxygen atoms in total. The maximum atomic E-state index is 12.1. The van der Waals surface area contributed by atoms with Crippen LogP contribution in [0.4, 0.5) is 11.4 Å². The number of anilines is 1. The van der Waals surface area contributed by atoms with E-state index in [1.165, 1.54) is 36.5 Å². The van der Waals surface area contributed by atoms with E-state index in [-0.39, 0.29) is 17.8 Å². The molecule has 0 saturated heterocycles. The third-order valence-electron chi connectivity index (χ3n) is 3.50. The Hall–Kier alpha value is -3.27. The zero-order chi connectivity index (χ0) is 18.7. The average Bonchev–Trinajstić information content (AvgIpc) is 3.16. The molecule has 0 aliphatic carbocycles. The molecule has 2 aromatic heterocycles. The number of hydrogen-bond donors (Lipinski definition) is 1. The average molecular weight is 374 g/mol. The molecule has 0 aliphatic rings. The van der Waals surface area contributed by atoms with Crippen LogP contribution in [0.3, 0.4) is 0 Å². The lowest BCUT2D eigenvalue weighted by molar-refractivity contribution is -0.383. The van der Waals surface area contributed by atoms with Crippen LogP contribution in [0.2, 0.25) is 0 Å². The fourth-order valence-electron chi connectivity index (χ4n) is 2.27. The fourth-order valence-corrected chi connectivity index (χ4v) is 2.99. The van der Waals surface area contributed by atoms with E-state index >= 15 is 0 Å². The van der Waals surface area contributed by atoms with Crippen molar-refractivity contribution >= 4 is 39.5 Å². The van der Waals surface area contributed by atoms with E-state index in [4.69, 9.17) is 4.74 Å². The van der Waals surface area contributed by atoms with E-state index < -0.39 is 22.9 Å². The molecule has 0 aliphatic heterocycles. The summed E-state index contributed by atoms with van der Waals surface area (Å²) >= 11 is 1.44. The lowest BCUT2D eigenvalue weighted by atomic mass is 10.2. The van der Waals surface area contributed by atoms with Gasteiger partial charge in [-0.3, -0.25) is 24.1 Å². The molecule has 0 fully saturated rings. The summed E-state index contributed by atoms with van der Waals surface area (Å²) < 4.78 is 6.88. The molecule has 1 aromatic carbocycles. The van der Waals surface area contributed by atoms with Crippen molar-refractivity contribution in [3.8, 4) is 0 Å². The normalized spacial score (nSPS) is 11.9. The van der Waals surface area contributed by atoms with Gasteiger partial charge in [0.1, 0.15) is 5.69 Å². The van der Waals surface area contributed by atoms with Crippen LogP contribution in [0.5, 0.6) is 0 Å². The van der Waals surface area contributed by atoms with Crippen LogP contribution in [-0.2, 0) is 20.7 Å². The summed E-state index contributed by atoms with van der Waals surface area (Å²) in [6.07, 6.45) is 2.36. The third-order valence-corrected chi connectivity index (χ3v) is 4.28. The number of fused-ring (bicyclic) bond motifs is 1. The molecule has 3 rings (SSSR count). The minimum atomic E-state index is -1.11. The summed E-state index contributed by atoms with van der Waals surface area (Å²) in [6, 6.07) is 5.73. The van der Waals surface area contributed by atoms with Gasteiger partial charge >= 0.3 is 5.97 Å². The van der Waals surface area contributed by atoms with Crippen molar-refractivity contribution in [2.75, 3.05) is 5.32 Å². The van der Waals surface area contributed by atoms with Crippen molar-refractivity contribution in [1.29, 1.82) is 0 Å². The molecule has 3 aromatic rings. The van der Waals surface area contributed by atoms with Gasteiger partial charge in [-0.25, -0.2) is 4.98 Å². The third kappa shape index (κ3) is 3.86. The first-order chi connectivity index (χ1) is 12.4. The molecule has 0 bridgehead atoms. The number of esters is 1. The van der Waals surface area contributed by atoms with Gasteiger partial charge in [-0.2, -0.15) is 0 Å². The number of thiazole rings is 1. The Bertz CT molecular complexity index is 951. The molecule has 26 heavy (non-hydrogen) atoms. The highest BCUT2D eigenvalue weighted by Crippen LogP contribution is 2.23. The van der Waals surface area contributed by atoms with E-state index in [1.807, 2.05) is 11.6 Å². The van der Waals surface area contributed by atoms with Crippen molar-refractivity contribution in [2.45, 2.75) is 19.4 Å². The standard InChI is InChI=1S/C16H14N4O5S/c1-10(15(22)18-12-4-2-3-5-13(12)20(23)24)25-14(21)8-11-9-19-6-7-26-16(19)17-11/h2-7,9-10H,8H2,1H3,(H,18,22)/t10-/m1/s1. The molecule has 10 heteroatoms. The quantitative estimate of drug-likeness (QED) is 0.402. The Labute approximate surface area is 151 Å². The Balaban J connectivity index is 1.59. The Morgan fingerprint density at radius 1 is 1.42 bits per heavy atom. The van der Waals surface area contributed by atoms with Crippen LogP contribution in [-0.4, -0.2) is 32.3 Å². The molecule has 0 unspecified atom stereocenters. The number of carbonyl (C=O) groups is 2. The number of nitrogens with one attached hydrogen (secondary N) is 1. The number of amides is 1. The number of carbonyl (C=O) groups excluding carboxylic acids is 2. The van der Waals surface area contributed by atoms with Gasteiger partial charge in [0, 0.05) is 23.8 Å². The maximum Gasteiger partial charge on any atom is 0.312 e. The second-order valence-electron chi connectivity index (χ2n) is 5.40. The maximum absolute atomic E-state index is 12.1. The van der Waals surface area contributed by atoms with Crippen LogP contribution >= 0.6 is 11.3 Å². The van der Waals surface area contributed by atoms with E-state index in [1.54, 1.807) is 16.7 Å². The summed E-state index contributed by atoms with van der Waals surface area (Å²) in [7, 11) is 0. The van der Waals surface area contributed by atoms with Crippen LogP contribution < -0.4 is 5.32 Å². The molecule has 1 atom stereocenters. The molecule has 134 valence electrons. The van der Waals surface area contributed by atoms with Crippen LogP contribution in [0, 0.1) is 10.1 Å². The minimum absolute atomic E-state index is 0.0414. The number of rotatable bonds is 6. The van der Waals surface area contributed by atoms with Gasteiger partial charge in [-0.15, -0.1) is 11.3 Å². The number of nitrogens with zero attached hydrogens (tertiary/aromatic N) is 3. The SMILES string of the molecule is C[C@@H](OC(=O)Cc1cn2ccsc2n1)C(=O)Nc1ccccc1[N+](=O)[O-]. The number of ether oxygens (including phenoxy) is 1. The van der Waals surface area contributed by atoms with E-state index in [0.717, 1.165) is 4.96 Å². The van der Waals surface area contributed by atoms with Crippen molar-refractivity contribution in [3.05, 3.63) is 57.8 Å². The monoisotopic (exact) mass is 374 g/mol. The van der Waals surface area contributed by atoms with E-state index in [0.29, 0.717) is 5.69 Å². The summed E-state index contributed by atoms with van der Waals surface area (Å²) in [4.78, 5) is 39.5. The first kappa shape index (κ1) is 17.5. The van der Waals surface area contributed by atoms with Gasteiger partial charge in [0.25, 0.3) is 11.6 Å². The molecule has 0 saturated carbocycles. The van der Waals surface area contributed by atoms with E-state index in [9.17, 15) is 19.7 Å². The van der Waals surface area contributed by atoms with Gasteiger partial charge in [0.2, 0.25) is 0 Å². The molecule has 0 spiro atoms. The van der Waals surface area contributed by atoms with Gasteiger partial charge < -0.3 is 10.1 Å². The number of para-hydroxylation sites is 2. The molecule has 1 N–H and O–H groups in total. The zero-order valence-corrected chi connectivity index (χ0v) is 14.4. The lowest BCUT2D eigenvalue weighted by Crippen LogP contribution is -2.30. The van der Waals surface area contributed by atoms with Crippen LogP contribution in [0.1, 0.15) is 12.6 Å². The van der Waals surface area contributed by atoms with Crippen molar-refractivity contribution in [1.82, 2.24) is 9.38 Å². The molecule has 1 amide bonds. The van der Waals surface area contributed by atoms with E-state index in [2.05, 4.69) is 10.3 Å². The number of hydrogen-bond acceptors (Lipinski definition) is 7. The highest BCUT2D eigenvalue weighted by Gasteiger charge is 2.22. The Morgan fingerprint density at radius 3 is 2.92 bits per heavy atom. The zero-order valence-electron chi connectivity index (χ0n) is 13.6. The van der Waals surface area contributed by atoms with Crippen molar-refractivity contribution in [2.24, 2.45) is 0 Å². The summed E-state index contributed by atoms with van der Waals surface area (Å²) in [5, 5.41) is 15.2. The molecule has 0 radical (unpaired) electrons. The smallest absolute Gasteiger partial charge is 0.312 e. The second kappa shape index (κ2) is 7.31. The second-order valence-corrected chi connectivity index (χ2v) is 6.27. The number of benzene rings is 1. The summed E-state index contributed by atoms with van der Waals surface area (Å²) in [6.45, 7) is 1.40. The molecular formula is C16H14N4O5S. The predicted molar refractivity (Wildman–Crippen MR) is 94.1 cm³/mol. The number of aromatic nitrogens is 2. The van der Waals surface area contributed by atoms with Crippen LogP contribution in [0.25, 0.3) is 4.96 Å². The largest absolute Gasteiger partial charge is 0.452 e. The number of imidazole rings is 1. The van der Waals surface area contributed by atoms with Crippen LogP contribution in [0.15, 0.2) is 42.0 Å². The Kier molecular flexibility index (Phi) is 4.94. The van der Waals surface area contributed by atoms with Gasteiger partial charge in [-0.1, -0.05) is 12.1 Å². The van der Waals surface area contributed by atoms with Crippen molar-refractivity contribution in [3.63, 3.8) is 0 Å². The highest BCUT2D eigenvalue weighted by atomic mass is 32.1. The van der Waals surface area contributed by atoms with Gasteiger partial charge in [0.05, 0.1) is 17.0 Å². The highest BCUT2D eigenvalue weighted by molar-refractivity contribution is 7.15. The lowest BCUT2D eigenvalue weighted by Gasteiger charge is -2.13. The number of nitro benzene ring substituents is 1. The summed E-state index contributed by atoms with van der Waals surface area (Å²) in [5.41, 5.74) is 0.338.